The second kappa shape index (κ2) is 5.72. The molecule has 0 spiro atoms. The Balaban J connectivity index is 2.08. The minimum atomic E-state index is -0.781. The van der Waals surface area contributed by atoms with Gasteiger partial charge >= 0.3 is 5.97 Å². The first-order chi connectivity index (χ1) is 9.42. The number of nitrogens with zero attached hydrogens (tertiary/aromatic N) is 1. The second-order valence-corrected chi connectivity index (χ2v) is 6.34. The molecule has 1 N–H and O–H groups in total. The van der Waals surface area contributed by atoms with Crippen molar-refractivity contribution < 1.29 is 19.4 Å². The molecule has 2 saturated heterocycles. The maximum atomic E-state index is 12.6. The largest absolute Gasteiger partial charge is 0.481 e. The van der Waals surface area contributed by atoms with E-state index in [9.17, 15) is 14.7 Å². The van der Waals surface area contributed by atoms with E-state index in [1.807, 2.05) is 20.8 Å². The molecule has 2 rings (SSSR count). The van der Waals surface area contributed by atoms with Crippen molar-refractivity contribution >= 4 is 11.9 Å². The first-order valence-electron chi connectivity index (χ1n) is 7.56. The van der Waals surface area contributed by atoms with Crippen LogP contribution in [0.4, 0.5) is 0 Å². The highest BCUT2D eigenvalue weighted by Crippen LogP contribution is 2.39. The molecule has 0 bridgehead atoms. The Labute approximate surface area is 120 Å². The Morgan fingerprint density at radius 1 is 1.45 bits per heavy atom. The van der Waals surface area contributed by atoms with Crippen molar-refractivity contribution in [2.24, 2.45) is 17.3 Å². The number of carbonyl (C=O) groups excluding carboxylic acids is 1. The van der Waals surface area contributed by atoms with Gasteiger partial charge in [0.25, 0.3) is 0 Å². The summed E-state index contributed by atoms with van der Waals surface area (Å²) in [6.45, 7) is 7.40. The lowest BCUT2D eigenvalue weighted by atomic mass is 9.76. The van der Waals surface area contributed by atoms with E-state index in [-0.39, 0.29) is 23.8 Å². The van der Waals surface area contributed by atoms with E-state index in [0.29, 0.717) is 26.1 Å². The zero-order valence-electron chi connectivity index (χ0n) is 12.6. The summed E-state index contributed by atoms with van der Waals surface area (Å²) in [5, 5.41) is 9.53. The summed E-state index contributed by atoms with van der Waals surface area (Å²) in [7, 11) is 0. The Morgan fingerprint density at radius 2 is 2.15 bits per heavy atom. The van der Waals surface area contributed by atoms with Crippen molar-refractivity contribution in [2.45, 2.75) is 46.1 Å². The van der Waals surface area contributed by atoms with Crippen LogP contribution in [0.5, 0.6) is 0 Å². The van der Waals surface area contributed by atoms with Crippen LogP contribution in [0, 0.1) is 17.3 Å². The molecule has 114 valence electrons. The molecule has 2 aliphatic rings. The lowest BCUT2D eigenvalue weighted by Gasteiger charge is -2.29. The third-order valence-electron chi connectivity index (χ3n) is 5.07. The molecular formula is C15H25NO4. The van der Waals surface area contributed by atoms with Crippen molar-refractivity contribution in [1.29, 1.82) is 0 Å². The van der Waals surface area contributed by atoms with Crippen LogP contribution in [-0.2, 0) is 14.3 Å². The molecule has 0 aromatic heterocycles. The molecular weight excluding hydrogens is 258 g/mol. The van der Waals surface area contributed by atoms with Crippen LogP contribution in [0.15, 0.2) is 0 Å². The molecule has 0 aliphatic carbocycles. The van der Waals surface area contributed by atoms with E-state index >= 15 is 0 Å². The second-order valence-electron chi connectivity index (χ2n) is 6.34. The van der Waals surface area contributed by atoms with Crippen molar-refractivity contribution in [3.8, 4) is 0 Å². The zero-order valence-corrected chi connectivity index (χ0v) is 12.6. The average molecular weight is 283 g/mol. The van der Waals surface area contributed by atoms with Gasteiger partial charge in [-0.3, -0.25) is 9.59 Å². The number of likely N-dealkylation sites (tertiary alicyclic amines) is 1. The molecule has 3 unspecified atom stereocenters. The highest BCUT2D eigenvalue weighted by molar-refractivity contribution is 5.83. The van der Waals surface area contributed by atoms with Crippen molar-refractivity contribution in [2.75, 3.05) is 19.7 Å². The maximum absolute atomic E-state index is 12.6. The monoisotopic (exact) mass is 283 g/mol. The molecule has 5 heteroatoms. The summed E-state index contributed by atoms with van der Waals surface area (Å²) in [4.78, 5) is 26.0. The highest BCUT2D eigenvalue weighted by atomic mass is 16.5. The van der Waals surface area contributed by atoms with Gasteiger partial charge in [-0.15, -0.1) is 0 Å². The van der Waals surface area contributed by atoms with Gasteiger partial charge in [-0.05, 0) is 25.2 Å². The quantitative estimate of drug-likeness (QED) is 0.853. The van der Waals surface area contributed by atoms with Crippen LogP contribution in [0.2, 0.25) is 0 Å². The van der Waals surface area contributed by atoms with Gasteiger partial charge < -0.3 is 14.7 Å². The predicted molar refractivity (Wildman–Crippen MR) is 74.2 cm³/mol. The minimum Gasteiger partial charge on any atom is -0.481 e. The molecule has 0 aromatic rings. The van der Waals surface area contributed by atoms with Crippen LogP contribution < -0.4 is 0 Å². The summed E-state index contributed by atoms with van der Waals surface area (Å²) >= 11 is 0. The SMILES string of the molecule is CCC1OCCC1C(=O)N1CCC(C(=O)O)(C(C)C)C1. The van der Waals surface area contributed by atoms with Crippen LogP contribution >= 0.6 is 0 Å². The highest BCUT2D eigenvalue weighted by Gasteiger charge is 2.50. The predicted octanol–water partition coefficient (Wildman–Crippen LogP) is 1.76. The third kappa shape index (κ3) is 2.43. The van der Waals surface area contributed by atoms with Gasteiger partial charge in [0, 0.05) is 19.7 Å². The number of rotatable bonds is 4. The van der Waals surface area contributed by atoms with Crippen molar-refractivity contribution in [3.05, 3.63) is 0 Å². The van der Waals surface area contributed by atoms with Crippen molar-refractivity contribution in [1.82, 2.24) is 4.90 Å². The number of ether oxygens (including phenoxy) is 1. The zero-order chi connectivity index (χ0) is 14.9. The van der Waals surface area contributed by atoms with Crippen LogP contribution in [-0.4, -0.2) is 47.7 Å². The molecule has 2 aliphatic heterocycles. The molecule has 2 fully saturated rings. The summed E-state index contributed by atoms with van der Waals surface area (Å²) in [6.07, 6.45) is 2.14. The van der Waals surface area contributed by atoms with E-state index in [1.165, 1.54) is 0 Å². The Hall–Kier alpha value is -1.10. The Bertz CT molecular complexity index is 395. The molecule has 20 heavy (non-hydrogen) atoms. The first kappa shape index (κ1) is 15.3. The number of carboxylic acids is 1. The maximum Gasteiger partial charge on any atom is 0.311 e. The molecule has 5 nitrogen and oxygen atoms in total. The lowest BCUT2D eigenvalue weighted by Crippen LogP contribution is -2.43. The van der Waals surface area contributed by atoms with Gasteiger partial charge in [0.2, 0.25) is 5.91 Å². The fourth-order valence-electron chi connectivity index (χ4n) is 3.48. The first-order valence-corrected chi connectivity index (χ1v) is 7.56. The molecule has 0 radical (unpaired) electrons. The number of hydrogen-bond acceptors (Lipinski definition) is 3. The van der Waals surface area contributed by atoms with Crippen LogP contribution in [0.3, 0.4) is 0 Å². The van der Waals surface area contributed by atoms with E-state index in [1.54, 1.807) is 4.90 Å². The van der Waals surface area contributed by atoms with E-state index in [2.05, 4.69) is 0 Å². The molecule has 0 aromatic carbocycles. The summed E-state index contributed by atoms with van der Waals surface area (Å²) in [5.74, 6) is -0.757. The third-order valence-corrected chi connectivity index (χ3v) is 5.07. The van der Waals surface area contributed by atoms with Crippen LogP contribution in [0.1, 0.15) is 40.0 Å². The Morgan fingerprint density at radius 3 is 2.65 bits per heavy atom. The normalized spacial score (nSPS) is 33.9. The summed E-state index contributed by atoms with van der Waals surface area (Å²) in [6, 6.07) is 0. The topological polar surface area (TPSA) is 66.8 Å². The van der Waals surface area contributed by atoms with Gasteiger partial charge in [0.05, 0.1) is 17.4 Å². The number of carbonyl (C=O) groups is 2. The molecule has 3 atom stereocenters. The fraction of sp³-hybridized carbons (Fsp3) is 0.867. The van der Waals surface area contributed by atoms with Crippen molar-refractivity contribution in [3.63, 3.8) is 0 Å². The van der Waals surface area contributed by atoms with Gasteiger partial charge in [-0.25, -0.2) is 0 Å². The molecule has 0 saturated carbocycles. The van der Waals surface area contributed by atoms with Gasteiger partial charge in [-0.2, -0.15) is 0 Å². The fourth-order valence-corrected chi connectivity index (χ4v) is 3.48. The van der Waals surface area contributed by atoms with Gasteiger partial charge in [0.15, 0.2) is 0 Å². The standard InChI is InChI=1S/C15H25NO4/c1-4-12-11(5-8-20-12)13(17)16-7-6-15(9-16,10(2)3)14(18)19/h10-12H,4-9H2,1-3H3,(H,18,19). The molecule has 1 amide bonds. The average Bonchev–Trinajstić information content (AvgIpc) is 3.05. The smallest absolute Gasteiger partial charge is 0.311 e. The lowest BCUT2D eigenvalue weighted by molar-refractivity contribution is -0.151. The Kier molecular flexibility index (Phi) is 4.37. The van der Waals surface area contributed by atoms with E-state index in [4.69, 9.17) is 4.74 Å². The van der Waals surface area contributed by atoms with E-state index < -0.39 is 11.4 Å². The number of hydrogen-bond donors (Lipinski definition) is 1. The van der Waals surface area contributed by atoms with Gasteiger partial charge in [-0.1, -0.05) is 20.8 Å². The minimum absolute atomic E-state index is 0.00128. The number of aliphatic carboxylic acids is 1. The summed E-state index contributed by atoms with van der Waals surface area (Å²) in [5.41, 5.74) is -0.781. The molecule has 2 heterocycles. The van der Waals surface area contributed by atoms with Gasteiger partial charge in [0.1, 0.15) is 0 Å². The number of carboxylic acid groups (broad SMARTS) is 1. The van der Waals surface area contributed by atoms with Crippen LogP contribution in [0.25, 0.3) is 0 Å². The van der Waals surface area contributed by atoms with E-state index in [0.717, 1.165) is 12.8 Å². The summed E-state index contributed by atoms with van der Waals surface area (Å²) < 4.78 is 5.58. The number of amides is 1.